The third kappa shape index (κ3) is 3.69. The van der Waals surface area contributed by atoms with Crippen molar-refractivity contribution in [3.8, 4) is 0 Å². The number of hydroxylamine groups is 1. The summed E-state index contributed by atoms with van der Waals surface area (Å²) in [6.45, 7) is 4.34. The fraction of sp³-hybridized carbons (Fsp3) is 0.750. The van der Waals surface area contributed by atoms with Gasteiger partial charge in [0.05, 0.1) is 6.10 Å². The maximum absolute atomic E-state index is 5.66. The lowest BCUT2D eigenvalue weighted by Crippen LogP contribution is -2.25. The van der Waals surface area contributed by atoms with Crippen LogP contribution in [0.5, 0.6) is 0 Å². The van der Waals surface area contributed by atoms with Gasteiger partial charge >= 0.3 is 0 Å². The number of aromatic amines is 1. The number of anilines is 1. The summed E-state index contributed by atoms with van der Waals surface area (Å²) in [7, 11) is 0. The van der Waals surface area contributed by atoms with Crippen LogP contribution in [-0.4, -0.2) is 29.1 Å². The van der Waals surface area contributed by atoms with Gasteiger partial charge in [-0.25, -0.2) is 0 Å². The Morgan fingerprint density at radius 1 is 1.56 bits per heavy atom. The maximum Gasteiger partial charge on any atom is 0.167 e. The van der Waals surface area contributed by atoms with Crippen LogP contribution in [0.4, 0.5) is 5.82 Å². The first-order valence-electron chi connectivity index (χ1n) is 6.45. The van der Waals surface area contributed by atoms with Crippen molar-refractivity contribution >= 4 is 5.82 Å². The zero-order chi connectivity index (χ0) is 13.0. The fourth-order valence-electron chi connectivity index (χ4n) is 2.27. The van der Waals surface area contributed by atoms with E-state index in [0.717, 1.165) is 25.0 Å². The van der Waals surface area contributed by atoms with Crippen molar-refractivity contribution in [3.63, 3.8) is 0 Å². The van der Waals surface area contributed by atoms with Crippen molar-refractivity contribution in [2.45, 2.75) is 51.2 Å². The normalized spacial score (nSPS) is 23.9. The van der Waals surface area contributed by atoms with Crippen molar-refractivity contribution in [3.05, 3.63) is 11.8 Å². The number of nitrogens with zero attached hydrogens (tertiary/aromatic N) is 1. The number of aromatic nitrogens is 2. The van der Waals surface area contributed by atoms with Crippen molar-refractivity contribution in [2.24, 2.45) is 0 Å². The summed E-state index contributed by atoms with van der Waals surface area (Å²) in [5.74, 6) is 1.02. The predicted molar refractivity (Wildman–Crippen MR) is 68.7 cm³/mol. The second-order valence-corrected chi connectivity index (χ2v) is 5.08. The van der Waals surface area contributed by atoms with E-state index in [1.54, 1.807) is 0 Å². The summed E-state index contributed by atoms with van der Waals surface area (Å²) in [5, 5.41) is 6.93. The van der Waals surface area contributed by atoms with Crippen LogP contribution in [0.1, 0.15) is 44.7 Å². The minimum absolute atomic E-state index is 0.258. The molecular weight excluding hydrogens is 232 g/mol. The van der Waals surface area contributed by atoms with E-state index < -0.39 is 0 Å². The summed E-state index contributed by atoms with van der Waals surface area (Å²) in [5.41, 5.74) is 9.57. The van der Waals surface area contributed by atoms with E-state index in [-0.39, 0.29) is 6.10 Å². The first-order chi connectivity index (χ1) is 8.65. The van der Waals surface area contributed by atoms with Gasteiger partial charge in [0.25, 0.3) is 0 Å². The highest BCUT2D eigenvalue weighted by atomic mass is 16.8. The largest absolute Gasteiger partial charge is 0.382 e. The molecule has 2 unspecified atom stereocenters. The molecule has 6 heteroatoms. The number of hydrogen-bond acceptors (Lipinski definition) is 5. The number of nitrogens with two attached hydrogens (primary N) is 1. The Morgan fingerprint density at radius 3 is 3.06 bits per heavy atom. The van der Waals surface area contributed by atoms with Crippen molar-refractivity contribution in [1.82, 2.24) is 15.7 Å². The molecule has 18 heavy (non-hydrogen) atoms. The van der Waals surface area contributed by atoms with E-state index in [2.05, 4.69) is 15.7 Å². The molecule has 1 fully saturated rings. The molecule has 0 aliphatic heterocycles. The lowest BCUT2D eigenvalue weighted by molar-refractivity contribution is -0.130. The molecule has 0 amide bonds. The van der Waals surface area contributed by atoms with Gasteiger partial charge in [-0.2, -0.15) is 10.6 Å². The molecule has 0 aromatic carbocycles. The molecule has 2 atom stereocenters. The quantitative estimate of drug-likeness (QED) is 0.407. The number of nitrogens with one attached hydrogen (secondary N) is 2. The van der Waals surface area contributed by atoms with Crippen LogP contribution in [0.25, 0.3) is 0 Å². The number of ether oxygens (including phenoxy) is 1. The molecule has 0 radical (unpaired) electrons. The topological polar surface area (TPSA) is 85.2 Å². The molecule has 0 spiro atoms. The van der Waals surface area contributed by atoms with Crippen molar-refractivity contribution < 1.29 is 9.57 Å². The zero-order valence-electron chi connectivity index (χ0n) is 11.0. The molecule has 4 N–H and O–H groups in total. The van der Waals surface area contributed by atoms with Gasteiger partial charge in [-0.15, -0.1) is 0 Å². The molecule has 2 rings (SSSR count). The van der Waals surface area contributed by atoms with Crippen LogP contribution < -0.4 is 11.2 Å². The van der Waals surface area contributed by atoms with E-state index in [0.29, 0.717) is 24.6 Å². The number of rotatable bonds is 6. The third-order valence-corrected chi connectivity index (χ3v) is 3.12. The van der Waals surface area contributed by atoms with Crippen LogP contribution in [0.15, 0.2) is 6.07 Å². The van der Waals surface area contributed by atoms with Crippen LogP contribution in [0, 0.1) is 0 Å². The first kappa shape index (κ1) is 13.3. The summed E-state index contributed by atoms with van der Waals surface area (Å²) in [6.07, 6.45) is 3.40. The Hall–Kier alpha value is -1.11. The van der Waals surface area contributed by atoms with Crippen LogP contribution >= 0.6 is 0 Å². The van der Waals surface area contributed by atoms with Gasteiger partial charge in [-0.3, -0.25) is 9.94 Å². The summed E-state index contributed by atoms with van der Waals surface area (Å²) < 4.78 is 5.66. The summed E-state index contributed by atoms with van der Waals surface area (Å²) in [4.78, 5) is 5.19. The minimum Gasteiger partial charge on any atom is -0.382 e. The summed E-state index contributed by atoms with van der Waals surface area (Å²) >= 11 is 0. The van der Waals surface area contributed by atoms with Crippen molar-refractivity contribution in [2.75, 3.05) is 12.5 Å². The Kier molecular flexibility index (Phi) is 4.57. The van der Waals surface area contributed by atoms with Gasteiger partial charge in [0, 0.05) is 23.7 Å². The molecular formula is C12H22N4O2. The van der Waals surface area contributed by atoms with Crippen LogP contribution in [0.2, 0.25) is 0 Å². The second-order valence-electron chi connectivity index (χ2n) is 5.08. The van der Waals surface area contributed by atoms with Crippen LogP contribution in [-0.2, 0) is 9.57 Å². The SMILES string of the molecule is CC(C)NOCOC1CCC(c2cc(N)n[nH]2)C1. The lowest BCUT2D eigenvalue weighted by atomic mass is 10.0. The fourth-order valence-corrected chi connectivity index (χ4v) is 2.27. The van der Waals surface area contributed by atoms with Crippen LogP contribution in [0.3, 0.4) is 0 Å². The zero-order valence-corrected chi connectivity index (χ0v) is 11.0. The first-order valence-corrected chi connectivity index (χ1v) is 6.45. The highest BCUT2D eigenvalue weighted by molar-refractivity contribution is 5.30. The van der Waals surface area contributed by atoms with E-state index in [9.17, 15) is 0 Å². The molecule has 1 saturated carbocycles. The number of nitrogen functional groups attached to an aromatic ring is 1. The number of hydrogen-bond donors (Lipinski definition) is 3. The highest BCUT2D eigenvalue weighted by Gasteiger charge is 2.27. The monoisotopic (exact) mass is 254 g/mol. The predicted octanol–water partition coefficient (Wildman–Crippen LogP) is 1.53. The third-order valence-electron chi connectivity index (χ3n) is 3.12. The van der Waals surface area contributed by atoms with Gasteiger partial charge in [0.1, 0.15) is 5.82 Å². The lowest BCUT2D eigenvalue weighted by Gasteiger charge is -2.13. The molecule has 0 bridgehead atoms. The van der Waals surface area contributed by atoms with Gasteiger partial charge in [-0.05, 0) is 33.1 Å². The molecule has 0 saturated heterocycles. The Bertz CT molecular complexity index is 367. The maximum atomic E-state index is 5.66. The molecule has 1 aliphatic rings. The standard InChI is InChI=1S/C12H22N4O2/c1-8(2)16-18-7-17-10-4-3-9(5-10)11-6-12(13)15-14-11/h6,8-10,16H,3-5,7H2,1-2H3,(H3,13,14,15). The van der Waals surface area contributed by atoms with Gasteiger partial charge < -0.3 is 10.5 Å². The smallest absolute Gasteiger partial charge is 0.167 e. The molecule has 6 nitrogen and oxygen atoms in total. The Balaban J connectivity index is 1.69. The van der Waals surface area contributed by atoms with Crippen molar-refractivity contribution in [1.29, 1.82) is 0 Å². The Morgan fingerprint density at radius 2 is 2.39 bits per heavy atom. The van der Waals surface area contributed by atoms with E-state index in [1.807, 2.05) is 19.9 Å². The van der Waals surface area contributed by atoms with Gasteiger partial charge in [0.15, 0.2) is 6.79 Å². The average Bonchev–Trinajstić information content (AvgIpc) is 2.93. The highest BCUT2D eigenvalue weighted by Crippen LogP contribution is 2.35. The summed E-state index contributed by atoms with van der Waals surface area (Å²) in [6, 6.07) is 2.21. The molecule has 1 aromatic rings. The van der Waals surface area contributed by atoms with Gasteiger partial charge in [0.2, 0.25) is 0 Å². The second kappa shape index (κ2) is 6.17. The van der Waals surface area contributed by atoms with E-state index >= 15 is 0 Å². The molecule has 1 heterocycles. The average molecular weight is 254 g/mol. The van der Waals surface area contributed by atoms with Gasteiger partial charge in [-0.1, -0.05) is 0 Å². The minimum atomic E-state index is 0.258. The van der Waals surface area contributed by atoms with E-state index in [1.165, 1.54) is 0 Å². The van der Waals surface area contributed by atoms with E-state index in [4.69, 9.17) is 15.3 Å². The Labute approximate surface area is 107 Å². The number of H-pyrrole nitrogens is 1. The molecule has 1 aliphatic carbocycles. The molecule has 1 aromatic heterocycles. The molecule has 102 valence electrons.